The third-order valence-corrected chi connectivity index (χ3v) is 3.77. The van der Waals surface area contributed by atoms with Crippen molar-refractivity contribution >= 4 is 5.91 Å². The molecule has 19 heavy (non-hydrogen) atoms. The van der Waals surface area contributed by atoms with E-state index < -0.39 is 0 Å². The summed E-state index contributed by atoms with van der Waals surface area (Å²) in [6, 6.07) is 8.19. The molecule has 0 spiro atoms. The summed E-state index contributed by atoms with van der Waals surface area (Å²) in [5.41, 5.74) is 1.19. The van der Waals surface area contributed by atoms with Crippen molar-refractivity contribution in [2.45, 2.75) is 39.7 Å². The second kappa shape index (κ2) is 6.09. The lowest BCUT2D eigenvalue weighted by molar-refractivity contribution is -0.134. The number of nitrogens with zero attached hydrogens (tertiary/aromatic N) is 1. The maximum atomic E-state index is 12.2. The summed E-state index contributed by atoms with van der Waals surface area (Å²) in [4.78, 5) is 14.2. The molecule has 0 aliphatic carbocycles. The topological polar surface area (TPSA) is 29.5 Å². The molecule has 2 rings (SSSR count). The quantitative estimate of drug-likeness (QED) is 0.833. The van der Waals surface area contributed by atoms with Gasteiger partial charge in [0.2, 0.25) is 0 Å². The third-order valence-electron chi connectivity index (χ3n) is 3.77. The Morgan fingerprint density at radius 3 is 2.68 bits per heavy atom. The molecular weight excluding hydrogens is 238 g/mol. The SMILES string of the molecule is Cc1ccc(OCC(=O)N2CCCC2C(C)C)cc1. The fraction of sp³-hybridized carbons (Fsp3) is 0.562. The highest BCUT2D eigenvalue weighted by atomic mass is 16.5. The lowest BCUT2D eigenvalue weighted by Gasteiger charge is -2.27. The van der Waals surface area contributed by atoms with E-state index in [9.17, 15) is 4.79 Å². The van der Waals surface area contributed by atoms with E-state index in [1.807, 2.05) is 36.1 Å². The summed E-state index contributed by atoms with van der Waals surface area (Å²) in [6.07, 6.45) is 2.23. The second-order valence-electron chi connectivity index (χ2n) is 5.64. The van der Waals surface area contributed by atoms with E-state index in [0.717, 1.165) is 25.1 Å². The Bertz CT molecular complexity index is 425. The number of amides is 1. The van der Waals surface area contributed by atoms with Crippen LogP contribution in [0.25, 0.3) is 0 Å². The number of ether oxygens (including phenoxy) is 1. The summed E-state index contributed by atoms with van der Waals surface area (Å²) in [5.74, 6) is 1.39. The number of aryl methyl sites for hydroxylation is 1. The molecule has 1 aromatic carbocycles. The average Bonchev–Trinajstić information content (AvgIpc) is 2.87. The van der Waals surface area contributed by atoms with Crippen molar-refractivity contribution in [3.8, 4) is 5.75 Å². The van der Waals surface area contributed by atoms with Gasteiger partial charge in [0.05, 0.1) is 0 Å². The lowest BCUT2D eigenvalue weighted by Crippen LogP contribution is -2.41. The molecule has 3 heteroatoms. The fourth-order valence-electron chi connectivity index (χ4n) is 2.66. The Kier molecular flexibility index (Phi) is 4.46. The van der Waals surface area contributed by atoms with E-state index in [0.29, 0.717) is 12.0 Å². The number of carbonyl (C=O) groups excluding carboxylic acids is 1. The maximum Gasteiger partial charge on any atom is 0.260 e. The Hall–Kier alpha value is -1.51. The predicted molar refractivity (Wildman–Crippen MR) is 76.2 cm³/mol. The van der Waals surface area contributed by atoms with E-state index >= 15 is 0 Å². The maximum absolute atomic E-state index is 12.2. The van der Waals surface area contributed by atoms with E-state index in [1.165, 1.54) is 5.56 Å². The van der Waals surface area contributed by atoms with Crippen LogP contribution in [0.4, 0.5) is 0 Å². The zero-order chi connectivity index (χ0) is 13.8. The number of rotatable bonds is 4. The first-order valence-corrected chi connectivity index (χ1v) is 7.07. The molecular formula is C16H23NO2. The highest BCUT2D eigenvalue weighted by Gasteiger charge is 2.30. The normalized spacial score (nSPS) is 18.9. The number of likely N-dealkylation sites (tertiary alicyclic amines) is 1. The van der Waals surface area contributed by atoms with E-state index in [2.05, 4.69) is 13.8 Å². The first-order valence-electron chi connectivity index (χ1n) is 7.07. The molecule has 1 aliphatic rings. The Balaban J connectivity index is 1.89. The van der Waals surface area contributed by atoms with Crippen molar-refractivity contribution in [1.29, 1.82) is 0 Å². The van der Waals surface area contributed by atoms with Gasteiger partial charge < -0.3 is 9.64 Å². The lowest BCUT2D eigenvalue weighted by atomic mass is 10.0. The van der Waals surface area contributed by atoms with Crippen molar-refractivity contribution in [2.75, 3.05) is 13.2 Å². The second-order valence-corrected chi connectivity index (χ2v) is 5.64. The molecule has 1 saturated heterocycles. The van der Waals surface area contributed by atoms with Gasteiger partial charge in [0, 0.05) is 12.6 Å². The molecule has 1 unspecified atom stereocenters. The van der Waals surface area contributed by atoms with Crippen LogP contribution in [0, 0.1) is 12.8 Å². The first-order chi connectivity index (χ1) is 9.08. The van der Waals surface area contributed by atoms with Crippen LogP contribution in [0.3, 0.4) is 0 Å². The van der Waals surface area contributed by atoms with E-state index in [1.54, 1.807) is 0 Å². The zero-order valence-electron chi connectivity index (χ0n) is 12.1. The zero-order valence-corrected chi connectivity index (χ0v) is 12.1. The molecule has 104 valence electrons. The predicted octanol–water partition coefficient (Wildman–Crippen LogP) is 3.02. The first kappa shape index (κ1) is 13.9. The Labute approximate surface area is 115 Å². The summed E-state index contributed by atoms with van der Waals surface area (Å²) < 4.78 is 5.57. The van der Waals surface area contributed by atoms with Crippen LogP contribution >= 0.6 is 0 Å². The molecule has 1 heterocycles. The summed E-state index contributed by atoms with van der Waals surface area (Å²) in [5, 5.41) is 0. The fourth-order valence-corrected chi connectivity index (χ4v) is 2.66. The van der Waals surface area contributed by atoms with Crippen molar-refractivity contribution < 1.29 is 9.53 Å². The minimum atomic E-state index is 0.108. The van der Waals surface area contributed by atoms with Crippen LogP contribution in [0.2, 0.25) is 0 Å². The summed E-state index contributed by atoms with van der Waals surface area (Å²) in [6.45, 7) is 7.41. The van der Waals surface area contributed by atoms with Gasteiger partial charge in [0.15, 0.2) is 6.61 Å². The van der Waals surface area contributed by atoms with Gasteiger partial charge in [-0.25, -0.2) is 0 Å². The van der Waals surface area contributed by atoms with Gasteiger partial charge in [-0.05, 0) is 37.8 Å². The van der Waals surface area contributed by atoms with Crippen molar-refractivity contribution in [1.82, 2.24) is 4.90 Å². The number of benzene rings is 1. The monoisotopic (exact) mass is 261 g/mol. The third kappa shape index (κ3) is 3.49. The van der Waals surface area contributed by atoms with Crippen LogP contribution < -0.4 is 4.74 Å². The molecule has 0 bridgehead atoms. The molecule has 0 N–H and O–H groups in total. The molecule has 1 fully saturated rings. The van der Waals surface area contributed by atoms with E-state index in [-0.39, 0.29) is 12.5 Å². The highest BCUT2D eigenvalue weighted by Crippen LogP contribution is 2.23. The number of carbonyl (C=O) groups is 1. The van der Waals surface area contributed by atoms with Crippen molar-refractivity contribution in [3.05, 3.63) is 29.8 Å². The van der Waals surface area contributed by atoms with Crippen LogP contribution in [0.15, 0.2) is 24.3 Å². The van der Waals surface area contributed by atoms with Crippen molar-refractivity contribution in [3.63, 3.8) is 0 Å². The molecule has 3 nitrogen and oxygen atoms in total. The van der Waals surface area contributed by atoms with Gasteiger partial charge in [-0.1, -0.05) is 31.5 Å². The Morgan fingerprint density at radius 1 is 1.37 bits per heavy atom. The highest BCUT2D eigenvalue weighted by molar-refractivity contribution is 5.78. The van der Waals surface area contributed by atoms with Gasteiger partial charge in [0.25, 0.3) is 5.91 Å². The minimum Gasteiger partial charge on any atom is -0.484 e. The Morgan fingerprint density at radius 2 is 2.05 bits per heavy atom. The largest absolute Gasteiger partial charge is 0.484 e. The van der Waals surface area contributed by atoms with Crippen LogP contribution in [-0.2, 0) is 4.79 Å². The molecule has 1 amide bonds. The molecule has 1 aromatic rings. The van der Waals surface area contributed by atoms with Gasteiger partial charge in [-0.3, -0.25) is 4.79 Å². The van der Waals surface area contributed by atoms with Gasteiger partial charge >= 0.3 is 0 Å². The number of hydrogen-bond donors (Lipinski definition) is 0. The smallest absolute Gasteiger partial charge is 0.260 e. The van der Waals surface area contributed by atoms with Gasteiger partial charge in [0.1, 0.15) is 5.75 Å². The average molecular weight is 261 g/mol. The minimum absolute atomic E-state index is 0.108. The van der Waals surface area contributed by atoms with Crippen LogP contribution in [0.5, 0.6) is 5.75 Å². The van der Waals surface area contributed by atoms with Crippen LogP contribution in [-0.4, -0.2) is 30.0 Å². The number of hydrogen-bond acceptors (Lipinski definition) is 2. The molecule has 0 aromatic heterocycles. The van der Waals surface area contributed by atoms with Crippen molar-refractivity contribution in [2.24, 2.45) is 5.92 Å². The molecule has 1 aliphatic heterocycles. The van der Waals surface area contributed by atoms with Gasteiger partial charge in [-0.15, -0.1) is 0 Å². The summed E-state index contributed by atoms with van der Waals surface area (Å²) in [7, 11) is 0. The molecule has 0 radical (unpaired) electrons. The standard InChI is InChI=1S/C16H23NO2/c1-12(2)15-5-4-10-17(15)16(18)11-19-14-8-6-13(3)7-9-14/h6-9,12,15H,4-5,10-11H2,1-3H3. The molecule has 1 atom stereocenters. The summed E-state index contributed by atoms with van der Waals surface area (Å²) >= 11 is 0. The van der Waals surface area contributed by atoms with Crippen LogP contribution in [0.1, 0.15) is 32.3 Å². The molecule has 0 saturated carbocycles. The van der Waals surface area contributed by atoms with E-state index in [4.69, 9.17) is 4.74 Å². The van der Waals surface area contributed by atoms with Gasteiger partial charge in [-0.2, -0.15) is 0 Å².